The molecule has 4 N–H and O–H groups in total. The molecule has 1 rings (SSSR count). The van der Waals surface area contributed by atoms with E-state index in [1.54, 1.807) is 6.07 Å². The lowest BCUT2D eigenvalue weighted by Crippen LogP contribution is -2.26. The number of hydrogen-bond acceptors (Lipinski definition) is 4. The van der Waals surface area contributed by atoms with Crippen molar-refractivity contribution in [1.82, 2.24) is 0 Å². The molecular weight excluding hydrogens is 146 g/mol. The van der Waals surface area contributed by atoms with E-state index in [1.165, 1.54) is 12.5 Å². The Morgan fingerprint density at radius 1 is 1.55 bits per heavy atom. The lowest BCUT2D eigenvalue weighted by atomic mass is 10.1. The molecule has 0 spiro atoms. The third-order valence-electron chi connectivity index (χ3n) is 1.49. The van der Waals surface area contributed by atoms with Crippen LogP contribution in [0.1, 0.15) is 11.7 Å². The van der Waals surface area contributed by atoms with Gasteiger partial charge in [-0.2, -0.15) is 0 Å². The van der Waals surface area contributed by atoms with Crippen LogP contribution in [0, 0.1) is 0 Å². The number of aliphatic hydroxyl groups is 2. The standard InChI is InChI=1S/C7H11NO3/c8-3-6(9)7(10)5-1-2-11-4-5/h1-2,4,6-7,9-10H,3,8H2. The summed E-state index contributed by atoms with van der Waals surface area (Å²) in [4.78, 5) is 0. The molecule has 4 nitrogen and oxygen atoms in total. The Balaban J connectivity index is 2.62. The van der Waals surface area contributed by atoms with Crippen LogP contribution < -0.4 is 5.73 Å². The van der Waals surface area contributed by atoms with Crippen molar-refractivity contribution in [2.75, 3.05) is 6.54 Å². The van der Waals surface area contributed by atoms with E-state index in [0.717, 1.165) is 0 Å². The van der Waals surface area contributed by atoms with Gasteiger partial charge < -0.3 is 20.4 Å². The summed E-state index contributed by atoms with van der Waals surface area (Å²) < 4.78 is 4.72. The Kier molecular flexibility index (Phi) is 2.64. The summed E-state index contributed by atoms with van der Waals surface area (Å²) in [7, 11) is 0. The van der Waals surface area contributed by atoms with Crippen LogP contribution in [0.3, 0.4) is 0 Å². The number of furan rings is 1. The Labute approximate surface area is 64.2 Å². The predicted octanol–water partition coefficient (Wildman–Crippen LogP) is -0.367. The Hall–Kier alpha value is -0.840. The molecule has 0 amide bonds. The Morgan fingerprint density at radius 2 is 2.27 bits per heavy atom. The van der Waals surface area contributed by atoms with E-state index in [2.05, 4.69) is 0 Å². The van der Waals surface area contributed by atoms with Crippen LogP contribution in [0.4, 0.5) is 0 Å². The normalized spacial score (nSPS) is 16.3. The fourth-order valence-corrected chi connectivity index (χ4v) is 0.794. The van der Waals surface area contributed by atoms with Crippen LogP contribution in [0.15, 0.2) is 23.0 Å². The van der Waals surface area contributed by atoms with Crippen molar-refractivity contribution in [1.29, 1.82) is 0 Å². The molecule has 0 saturated heterocycles. The maximum atomic E-state index is 9.29. The predicted molar refractivity (Wildman–Crippen MR) is 38.7 cm³/mol. The van der Waals surface area contributed by atoms with Gasteiger partial charge in [0.25, 0.3) is 0 Å². The SMILES string of the molecule is NCC(O)C(O)c1ccoc1. The van der Waals surface area contributed by atoms with Crippen molar-refractivity contribution in [3.63, 3.8) is 0 Å². The van der Waals surface area contributed by atoms with Gasteiger partial charge in [-0.05, 0) is 6.07 Å². The van der Waals surface area contributed by atoms with Gasteiger partial charge in [0, 0.05) is 12.1 Å². The van der Waals surface area contributed by atoms with Gasteiger partial charge in [-0.1, -0.05) is 0 Å². The molecule has 11 heavy (non-hydrogen) atoms. The fraction of sp³-hybridized carbons (Fsp3) is 0.429. The molecule has 0 bridgehead atoms. The Morgan fingerprint density at radius 3 is 2.73 bits per heavy atom. The summed E-state index contributed by atoms with van der Waals surface area (Å²) in [5.41, 5.74) is 5.68. The van der Waals surface area contributed by atoms with Crippen molar-refractivity contribution in [3.05, 3.63) is 24.2 Å². The molecule has 1 aromatic rings. The maximum absolute atomic E-state index is 9.29. The monoisotopic (exact) mass is 157 g/mol. The molecule has 2 unspecified atom stereocenters. The first-order valence-electron chi connectivity index (χ1n) is 3.34. The quantitative estimate of drug-likeness (QED) is 0.559. The first-order valence-corrected chi connectivity index (χ1v) is 3.34. The third kappa shape index (κ3) is 1.80. The van der Waals surface area contributed by atoms with E-state index in [0.29, 0.717) is 5.56 Å². The molecule has 0 aliphatic carbocycles. The van der Waals surface area contributed by atoms with Crippen molar-refractivity contribution in [3.8, 4) is 0 Å². The average Bonchev–Trinajstić information content (AvgIpc) is 2.53. The highest BCUT2D eigenvalue weighted by molar-refractivity contribution is 5.10. The van der Waals surface area contributed by atoms with Crippen LogP contribution in [0.2, 0.25) is 0 Å². The van der Waals surface area contributed by atoms with Gasteiger partial charge in [-0.15, -0.1) is 0 Å². The smallest absolute Gasteiger partial charge is 0.109 e. The minimum atomic E-state index is -0.946. The van der Waals surface area contributed by atoms with Gasteiger partial charge in [0.1, 0.15) is 6.10 Å². The van der Waals surface area contributed by atoms with Crippen LogP contribution >= 0.6 is 0 Å². The van der Waals surface area contributed by atoms with Crippen LogP contribution in [0.5, 0.6) is 0 Å². The lowest BCUT2D eigenvalue weighted by molar-refractivity contribution is 0.0240. The van der Waals surface area contributed by atoms with Gasteiger partial charge in [-0.25, -0.2) is 0 Å². The summed E-state index contributed by atoms with van der Waals surface area (Å²) in [6.07, 6.45) is 0.942. The zero-order valence-electron chi connectivity index (χ0n) is 5.97. The zero-order chi connectivity index (χ0) is 8.27. The molecular formula is C7H11NO3. The first kappa shape index (κ1) is 8.26. The van der Waals surface area contributed by atoms with E-state index in [4.69, 9.17) is 15.3 Å². The molecule has 1 aromatic heterocycles. The van der Waals surface area contributed by atoms with Crippen molar-refractivity contribution >= 4 is 0 Å². The molecule has 0 aromatic carbocycles. The van der Waals surface area contributed by atoms with Gasteiger partial charge in [0.2, 0.25) is 0 Å². The zero-order valence-corrected chi connectivity index (χ0v) is 5.97. The topological polar surface area (TPSA) is 79.6 Å². The minimum absolute atomic E-state index is 0.0341. The summed E-state index contributed by atoms with van der Waals surface area (Å²) in [6, 6.07) is 1.59. The highest BCUT2D eigenvalue weighted by atomic mass is 16.3. The number of rotatable bonds is 3. The second-order valence-electron chi connectivity index (χ2n) is 2.30. The van der Waals surface area contributed by atoms with E-state index >= 15 is 0 Å². The second kappa shape index (κ2) is 3.52. The molecule has 0 aliphatic rings. The first-order chi connectivity index (χ1) is 5.25. The second-order valence-corrected chi connectivity index (χ2v) is 2.30. The molecule has 62 valence electrons. The molecule has 0 aliphatic heterocycles. The largest absolute Gasteiger partial charge is 0.472 e. The molecule has 1 heterocycles. The molecule has 0 fully saturated rings. The molecule has 0 radical (unpaired) electrons. The summed E-state index contributed by atoms with van der Waals surface area (Å²) in [5, 5.41) is 18.4. The maximum Gasteiger partial charge on any atom is 0.109 e. The Bertz CT molecular complexity index is 197. The minimum Gasteiger partial charge on any atom is -0.472 e. The van der Waals surface area contributed by atoms with Crippen molar-refractivity contribution in [2.45, 2.75) is 12.2 Å². The van der Waals surface area contributed by atoms with E-state index in [-0.39, 0.29) is 6.54 Å². The van der Waals surface area contributed by atoms with Crippen molar-refractivity contribution < 1.29 is 14.6 Å². The van der Waals surface area contributed by atoms with Crippen molar-refractivity contribution in [2.24, 2.45) is 5.73 Å². The lowest BCUT2D eigenvalue weighted by Gasteiger charge is -2.13. The van der Waals surface area contributed by atoms with E-state index < -0.39 is 12.2 Å². The van der Waals surface area contributed by atoms with Gasteiger partial charge in [-0.3, -0.25) is 0 Å². The van der Waals surface area contributed by atoms with Gasteiger partial charge in [0.05, 0.1) is 18.6 Å². The van der Waals surface area contributed by atoms with Gasteiger partial charge in [0.15, 0.2) is 0 Å². The number of hydrogen-bond donors (Lipinski definition) is 3. The summed E-state index contributed by atoms with van der Waals surface area (Å²) in [6.45, 7) is 0.0341. The van der Waals surface area contributed by atoms with Gasteiger partial charge >= 0.3 is 0 Å². The number of nitrogens with two attached hydrogens (primary N) is 1. The molecule has 2 atom stereocenters. The fourth-order valence-electron chi connectivity index (χ4n) is 0.794. The van der Waals surface area contributed by atoms with E-state index in [9.17, 15) is 5.11 Å². The number of aliphatic hydroxyl groups excluding tert-OH is 2. The summed E-state index contributed by atoms with van der Waals surface area (Å²) >= 11 is 0. The summed E-state index contributed by atoms with van der Waals surface area (Å²) in [5.74, 6) is 0. The highest BCUT2D eigenvalue weighted by Gasteiger charge is 2.16. The van der Waals surface area contributed by atoms with Crippen LogP contribution in [-0.2, 0) is 0 Å². The highest BCUT2D eigenvalue weighted by Crippen LogP contribution is 2.15. The third-order valence-corrected chi connectivity index (χ3v) is 1.49. The van der Waals surface area contributed by atoms with Crippen LogP contribution in [-0.4, -0.2) is 22.9 Å². The van der Waals surface area contributed by atoms with Crippen LogP contribution in [0.25, 0.3) is 0 Å². The molecule has 4 heteroatoms. The van der Waals surface area contributed by atoms with E-state index in [1.807, 2.05) is 0 Å². The molecule has 0 saturated carbocycles. The average molecular weight is 157 g/mol.